The summed E-state index contributed by atoms with van der Waals surface area (Å²) in [5.41, 5.74) is 5.98. The Bertz CT molecular complexity index is 572. The SMILES string of the molecule is CC(=NOCC(=O)O)C1=C(C(=O)O)N2C(=O)[C@@H](N)[C@H]2SC1. The first-order valence-electron chi connectivity index (χ1n) is 5.90. The van der Waals surface area contributed by atoms with E-state index in [-0.39, 0.29) is 16.8 Å². The summed E-state index contributed by atoms with van der Waals surface area (Å²) in [4.78, 5) is 39.2. The van der Waals surface area contributed by atoms with E-state index in [9.17, 15) is 19.5 Å². The highest BCUT2D eigenvalue weighted by Gasteiger charge is 2.52. The van der Waals surface area contributed by atoms with E-state index in [0.717, 1.165) is 4.90 Å². The second-order valence-corrected chi connectivity index (χ2v) is 5.52. The highest BCUT2D eigenvalue weighted by atomic mass is 32.2. The van der Waals surface area contributed by atoms with Crippen LogP contribution in [0.5, 0.6) is 0 Å². The number of rotatable bonds is 5. The summed E-state index contributed by atoms with van der Waals surface area (Å²) in [6, 6.07) is -0.702. The number of β-lactam (4-membered cyclic amide) rings is 1. The second-order valence-electron chi connectivity index (χ2n) is 4.41. The van der Waals surface area contributed by atoms with Gasteiger partial charge in [0.25, 0.3) is 0 Å². The Kier molecular flexibility index (Phi) is 4.19. The number of carbonyl (C=O) groups is 3. The fraction of sp³-hybridized carbons (Fsp3) is 0.455. The molecule has 2 heterocycles. The molecule has 1 saturated heterocycles. The molecule has 1 fully saturated rings. The lowest BCUT2D eigenvalue weighted by atomic mass is 10.0. The predicted molar refractivity (Wildman–Crippen MR) is 72.4 cm³/mol. The smallest absolute Gasteiger partial charge is 0.353 e. The summed E-state index contributed by atoms with van der Waals surface area (Å²) in [5.74, 6) is -2.61. The van der Waals surface area contributed by atoms with E-state index in [0.29, 0.717) is 11.3 Å². The minimum Gasteiger partial charge on any atom is -0.479 e. The molecule has 0 bridgehead atoms. The number of carboxylic acid groups (broad SMARTS) is 2. The van der Waals surface area contributed by atoms with Crippen LogP contribution in [0.25, 0.3) is 0 Å². The van der Waals surface area contributed by atoms with Crippen molar-refractivity contribution in [2.45, 2.75) is 18.3 Å². The number of thioether (sulfide) groups is 1. The zero-order valence-electron chi connectivity index (χ0n) is 11.0. The fourth-order valence-corrected chi connectivity index (χ4v) is 3.40. The maximum Gasteiger partial charge on any atom is 0.353 e. The lowest BCUT2D eigenvalue weighted by molar-refractivity contribution is -0.147. The number of amides is 1. The van der Waals surface area contributed by atoms with Gasteiger partial charge in [-0.3, -0.25) is 9.69 Å². The molecule has 0 aromatic carbocycles. The van der Waals surface area contributed by atoms with Gasteiger partial charge in [0.15, 0.2) is 0 Å². The molecule has 4 N–H and O–H groups in total. The maximum absolute atomic E-state index is 11.7. The molecule has 0 unspecified atom stereocenters. The molecule has 0 saturated carbocycles. The van der Waals surface area contributed by atoms with Crippen LogP contribution in [0, 0.1) is 0 Å². The van der Waals surface area contributed by atoms with E-state index in [1.54, 1.807) is 0 Å². The number of carbonyl (C=O) groups excluding carboxylic acids is 1. The van der Waals surface area contributed by atoms with Gasteiger partial charge in [-0.1, -0.05) is 5.16 Å². The lowest BCUT2D eigenvalue weighted by Crippen LogP contribution is -2.68. The van der Waals surface area contributed by atoms with Crippen LogP contribution in [0.4, 0.5) is 0 Å². The van der Waals surface area contributed by atoms with Crippen molar-refractivity contribution in [2.24, 2.45) is 10.9 Å². The average molecular weight is 315 g/mol. The standard InChI is InChI=1S/C11H13N3O6S/c1-4(13-20-2-6(15)16)5-3-21-10-7(12)9(17)14(10)8(5)11(18)19/h7,10H,2-3,12H2,1H3,(H,15,16)(H,18,19)/t7-,10-/m1/s1. The van der Waals surface area contributed by atoms with Crippen molar-refractivity contribution in [1.29, 1.82) is 0 Å². The molecule has 0 aliphatic carbocycles. The van der Waals surface area contributed by atoms with Crippen LogP contribution in [0.15, 0.2) is 16.4 Å². The molecule has 0 aromatic rings. The van der Waals surface area contributed by atoms with Crippen molar-refractivity contribution in [1.82, 2.24) is 4.90 Å². The molecule has 0 radical (unpaired) electrons. The Balaban J connectivity index is 2.28. The summed E-state index contributed by atoms with van der Waals surface area (Å²) in [6.45, 7) is 0.863. The molecule has 2 aliphatic rings. The van der Waals surface area contributed by atoms with Crippen LogP contribution in [0.2, 0.25) is 0 Å². The number of oxime groups is 1. The van der Waals surface area contributed by atoms with Gasteiger partial charge >= 0.3 is 11.9 Å². The van der Waals surface area contributed by atoms with Crippen LogP contribution in [0.3, 0.4) is 0 Å². The van der Waals surface area contributed by atoms with E-state index < -0.39 is 30.5 Å². The largest absolute Gasteiger partial charge is 0.479 e. The van der Waals surface area contributed by atoms with Crippen molar-refractivity contribution in [3.05, 3.63) is 11.3 Å². The monoisotopic (exact) mass is 315 g/mol. The Morgan fingerprint density at radius 3 is 2.76 bits per heavy atom. The zero-order valence-corrected chi connectivity index (χ0v) is 11.8. The van der Waals surface area contributed by atoms with Crippen molar-refractivity contribution in [2.75, 3.05) is 12.4 Å². The van der Waals surface area contributed by atoms with Crippen LogP contribution in [0.1, 0.15) is 6.92 Å². The van der Waals surface area contributed by atoms with Crippen molar-refractivity contribution >= 4 is 35.3 Å². The minimum atomic E-state index is -1.26. The maximum atomic E-state index is 11.7. The third-order valence-electron chi connectivity index (χ3n) is 3.04. The van der Waals surface area contributed by atoms with E-state index in [1.807, 2.05) is 0 Å². The average Bonchev–Trinajstić information content (AvgIpc) is 2.44. The van der Waals surface area contributed by atoms with Gasteiger partial charge in [0.05, 0.1) is 5.71 Å². The van der Waals surface area contributed by atoms with Crippen LogP contribution < -0.4 is 5.73 Å². The molecule has 10 heteroatoms. The van der Waals surface area contributed by atoms with Gasteiger partial charge in [0.2, 0.25) is 12.5 Å². The Labute approximate surface area is 123 Å². The lowest BCUT2D eigenvalue weighted by Gasteiger charge is -2.47. The topological polar surface area (TPSA) is 143 Å². The Hall–Kier alpha value is -2.07. The molecule has 2 rings (SSSR count). The summed E-state index contributed by atoms with van der Waals surface area (Å²) in [6.07, 6.45) is 0. The zero-order chi connectivity index (χ0) is 15.7. The summed E-state index contributed by atoms with van der Waals surface area (Å²) < 4.78 is 0. The number of hydrogen-bond acceptors (Lipinski definition) is 7. The van der Waals surface area contributed by atoms with Gasteiger partial charge < -0.3 is 20.8 Å². The van der Waals surface area contributed by atoms with Crippen molar-refractivity contribution in [3.63, 3.8) is 0 Å². The molecule has 21 heavy (non-hydrogen) atoms. The van der Waals surface area contributed by atoms with E-state index >= 15 is 0 Å². The van der Waals surface area contributed by atoms with E-state index in [4.69, 9.17) is 10.8 Å². The second kappa shape index (κ2) is 5.74. The van der Waals surface area contributed by atoms with Gasteiger partial charge in [-0.25, -0.2) is 9.59 Å². The normalized spacial score (nSPS) is 25.3. The van der Waals surface area contributed by atoms with Crippen LogP contribution >= 0.6 is 11.8 Å². The molecule has 2 aliphatic heterocycles. The first-order valence-corrected chi connectivity index (χ1v) is 6.95. The number of carboxylic acids is 2. The number of aliphatic carboxylic acids is 2. The first-order chi connectivity index (χ1) is 9.84. The fourth-order valence-electron chi connectivity index (χ4n) is 2.03. The van der Waals surface area contributed by atoms with Gasteiger partial charge in [0.1, 0.15) is 17.1 Å². The third-order valence-corrected chi connectivity index (χ3v) is 4.34. The van der Waals surface area contributed by atoms with E-state index in [1.165, 1.54) is 18.7 Å². The predicted octanol–water partition coefficient (Wildman–Crippen LogP) is -0.955. The molecule has 114 valence electrons. The van der Waals surface area contributed by atoms with Gasteiger partial charge in [0, 0.05) is 11.3 Å². The Morgan fingerprint density at radius 1 is 1.52 bits per heavy atom. The minimum absolute atomic E-state index is 0.175. The number of nitrogens with two attached hydrogens (primary N) is 1. The molecule has 0 spiro atoms. The molecular weight excluding hydrogens is 302 g/mol. The first kappa shape index (κ1) is 15.3. The van der Waals surface area contributed by atoms with Crippen molar-refractivity contribution < 1.29 is 29.4 Å². The molecular formula is C11H13N3O6S. The molecule has 9 nitrogen and oxygen atoms in total. The number of fused-ring (bicyclic) bond motifs is 1. The van der Waals surface area contributed by atoms with Crippen LogP contribution in [-0.2, 0) is 19.2 Å². The van der Waals surface area contributed by atoms with E-state index in [2.05, 4.69) is 9.99 Å². The van der Waals surface area contributed by atoms with Crippen molar-refractivity contribution in [3.8, 4) is 0 Å². The summed E-state index contributed by atoms with van der Waals surface area (Å²) >= 11 is 1.33. The third kappa shape index (κ3) is 2.72. The quantitative estimate of drug-likeness (QED) is 0.334. The van der Waals surface area contributed by atoms with Gasteiger partial charge in [-0.2, -0.15) is 0 Å². The molecule has 1 amide bonds. The van der Waals surface area contributed by atoms with Gasteiger partial charge in [-0.05, 0) is 6.92 Å². The van der Waals surface area contributed by atoms with Crippen LogP contribution in [-0.4, -0.2) is 62.4 Å². The Morgan fingerprint density at radius 2 is 2.19 bits per heavy atom. The summed E-state index contributed by atoms with van der Waals surface area (Å²) in [5, 5.41) is 21.0. The molecule has 0 aromatic heterocycles. The number of hydrogen-bond donors (Lipinski definition) is 3. The van der Waals surface area contributed by atoms with Gasteiger partial charge in [-0.15, -0.1) is 11.8 Å². The highest BCUT2D eigenvalue weighted by Crippen LogP contribution is 2.39. The summed E-state index contributed by atoms with van der Waals surface area (Å²) in [7, 11) is 0. The highest BCUT2D eigenvalue weighted by molar-refractivity contribution is 8.00. The number of nitrogens with zero attached hydrogens (tertiary/aromatic N) is 2. The molecule has 2 atom stereocenters.